The molecule has 0 rings (SSSR count). The number of hydrogen-bond donors (Lipinski definition) is 3. The minimum absolute atomic E-state index is 0.114. The smallest absolute Gasteiger partial charge is 0.327 e. The third kappa shape index (κ3) is 16.2. The van der Waals surface area contributed by atoms with Gasteiger partial charge in [-0.2, -0.15) is 12.6 Å². The van der Waals surface area contributed by atoms with Crippen LogP contribution in [0.5, 0.6) is 0 Å². The van der Waals surface area contributed by atoms with Crippen LogP contribution >= 0.6 is 12.6 Å². The Kier molecular flexibility index (Phi) is 17.7. The topological polar surface area (TPSA) is 66.4 Å². The second kappa shape index (κ2) is 18.6. The van der Waals surface area contributed by atoms with E-state index in [1.807, 2.05) is 0 Å². The lowest BCUT2D eigenvalue weighted by Gasteiger charge is -2.11. The molecule has 0 saturated heterocycles. The third-order valence-corrected chi connectivity index (χ3v) is 4.54. The van der Waals surface area contributed by atoms with Crippen molar-refractivity contribution in [3.63, 3.8) is 0 Å². The van der Waals surface area contributed by atoms with Crippen LogP contribution in [-0.4, -0.2) is 28.8 Å². The number of carboxylic acids is 1. The SMILES string of the molecule is CCCCC/C=C\C/C=C\CCCCCCCC(=O)N[C@@H](CS)C(=O)O. The second-order valence-electron chi connectivity index (χ2n) is 6.62. The lowest BCUT2D eigenvalue weighted by Crippen LogP contribution is -2.42. The summed E-state index contributed by atoms with van der Waals surface area (Å²) in [6.07, 6.45) is 22.0. The van der Waals surface area contributed by atoms with Crippen molar-refractivity contribution in [2.75, 3.05) is 5.75 Å². The fourth-order valence-electron chi connectivity index (χ4n) is 2.55. The summed E-state index contributed by atoms with van der Waals surface area (Å²) in [6.45, 7) is 2.23. The molecule has 2 N–H and O–H groups in total. The zero-order chi connectivity index (χ0) is 19.5. The number of amides is 1. The Labute approximate surface area is 164 Å². The van der Waals surface area contributed by atoms with Crippen LogP contribution in [0.3, 0.4) is 0 Å². The Bertz CT molecular complexity index is 421. The summed E-state index contributed by atoms with van der Waals surface area (Å²) in [5, 5.41) is 11.3. The predicted octanol–water partition coefficient (Wildman–Crippen LogP) is 5.30. The number of rotatable bonds is 17. The van der Waals surface area contributed by atoms with Crippen LogP contribution in [-0.2, 0) is 9.59 Å². The van der Waals surface area contributed by atoms with Crippen LogP contribution in [0.2, 0.25) is 0 Å². The lowest BCUT2D eigenvalue weighted by molar-refractivity contribution is -0.141. The first kappa shape index (κ1) is 24.8. The Morgan fingerprint density at radius 3 is 2.08 bits per heavy atom. The molecule has 0 aromatic rings. The standard InChI is InChI=1S/C21H37NO3S/c1-2-3-4-5-6-7-8-9-10-11-12-13-14-15-16-17-20(23)22-19(18-26)21(24)25/h6-7,9-10,19,26H,2-5,8,11-18H2,1H3,(H,22,23)(H,24,25)/b7-6-,10-9-/t19-/m0/s1. The molecule has 26 heavy (non-hydrogen) atoms. The maximum Gasteiger partial charge on any atom is 0.327 e. The highest BCUT2D eigenvalue weighted by Gasteiger charge is 2.17. The Hall–Kier alpha value is -1.23. The first-order chi connectivity index (χ1) is 12.6. The van der Waals surface area contributed by atoms with E-state index in [1.165, 1.54) is 38.5 Å². The van der Waals surface area contributed by atoms with Crippen LogP contribution in [0.15, 0.2) is 24.3 Å². The van der Waals surface area contributed by atoms with E-state index in [1.54, 1.807) is 0 Å². The van der Waals surface area contributed by atoms with E-state index in [2.05, 4.69) is 49.2 Å². The summed E-state index contributed by atoms with van der Waals surface area (Å²) in [5.74, 6) is -1.12. The highest BCUT2D eigenvalue weighted by atomic mass is 32.1. The molecule has 0 aliphatic rings. The van der Waals surface area contributed by atoms with Crippen molar-refractivity contribution in [3.05, 3.63) is 24.3 Å². The number of nitrogens with one attached hydrogen (secondary N) is 1. The zero-order valence-electron chi connectivity index (χ0n) is 16.3. The summed E-state index contributed by atoms with van der Waals surface area (Å²) in [4.78, 5) is 22.4. The van der Waals surface area contributed by atoms with Gasteiger partial charge in [0.05, 0.1) is 0 Å². The van der Waals surface area contributed by atoms with Crippen molar-refractivity contribution in [3.8, 4) is 0 Å². The highest BCUT2D eigenvalue weighted by molar-refractivity contribution is 7.80. The van der Waals surface area contributed by atoms with Gasteiger partial charge in [-0.25, -0.2) is 4.79 Å². The van der Waals surface area contributed by atoms with E-state index in [9.17, 15) is 9.59 Å². The molecular formula is C21H37NO3S. The molecule has 5 heteroatoms. The van der Waals surface area contributed by atoms with Gasteiger partial charge in [0.1, 0.15) is 6.04 Å². The Morgan fingerprint density at radius 2 is 1.50 bits per heavy atom. The van der Waals surface area contributed by atoms with E-state index in [4.69, 9.17) is 5.11 Å². The van der Waals surface area contributed by atoms with Crippen LogP contribution in [0, 0.1) is 0 Å². The summed E-state index contributed by atoms with van der Waals surface area (Å²) in [7, 11) is 0. The molecule has 0 unspecified atom stereocenters. The largest absolute Gasteiger partial charge is 0.480 e. The quantitative estimate of drug-likeness (QED) is 0.181. The Balaban J connectivity index is 3.44. The number of carbonyl (C=O) groups is 2. The van der Waals surface area contributed by atoms with Crippen molar-refractivity contribution in [1.29, 1.82) is 0 Å². The molecule has 1 atom stereocenters. The maximum absolute atomic E-state index is 11.6. The van der Waals surface area contributed by atoms with Crippen molar-refractivity contribution < 1.29 is 14.7 Å². The van der Waals surface area contributed by atoms with Crippen molar-refractivity contribution in [2.45, 2.75) is 90.0 Å². The average Bonchev–Trinajstić information content (AvgIpc) is 2.62. The lowest BCUT2D eigenvalue weighted by atomic mass is 10.1. The molecule has 0 aliphatic heterocycles. The fraction of sp³-hybridized carbons (Fsp3) is 0.714. The second-order valence-corrected chi connectivity index (χ2v) is 6.99. The molecule has 4 nitrogen and oxygen atoms in total. The molecular weight excluding hydrogens is 346 g/mol. The van der Waals surface area contributed by atoms with Gasteiger partial charge in [0.2, 0.25) is 5.91 Å². The Morgan fingerprint density at radius 1 is 0.923 bits per heavy atom. The first-order valence-electron chi connectivity index (χ1n) is 10.0. The third-order valence-electron chi connectivity index (χ3n) is 4.17. The summed E-state index contributed by atoms with van der Waals surface area (Å²) < 4.78 is 0. The van der Waals surface area contributed by atoms with Gasteiger partial charge >= 0.3 is 5.97 Å². The molecule has 0 aromatic heterocycles. The molecule has 0 radical (unpaired) electrons. The molecule has 0 heterocycles. The van der Waals surface area contributed by atoms with Gasteiger partial charge in [-0.05, 0) is 38.5 Å². The zero-order valence-corrected chi connectivity index (χ0v) is 17.2. The predicted molar refractivity (Wildman–Crippen MR) is 113 cm³/mol. The monoisotopic (exact) mass is 383 g/mol. The number of carboxylic acid groups (broad SMARTS) is 1. The minimum atomic E-state index is -1.03. The number of unbranched alkanes of at least 4 members (excludes halogenated alkanes) is 8. The van der Waals surface area contributed by atoms with Gasteiger partial charge in [-0.3, -0.25) is 4.79 Å². The normalized spacial score (nSPS) is 12.7. The average molecular weight is 384 g/mol. The number of carbonyl (C=O) groups excluding carboxylic acids is 1. The van der Waals surface area contributed by atoms with E-state index < -0.39 is 12.0 Å². The van der Waals surface area contributed by atoms with Gasteiger partial charge in [0, 0.05) is 12.2 Å². The van der Waals surface area contributed by atoms with E-state index in [0.29, 0.717) is 6.42 Å². The molecule has 0 aromatic carbocycles. The number of hydrogen-bond acceptors (Lipinski definition) is 3. The summed E-state index contributed by atoms with van der Waals surface area (Å²) in [6, 6.07) is -0.885. The molecule has 150 valence electrons. The molecule has 0 aliphatic carbocycles. The van der Waals surface area contributed by atoms with E-state index >= 15 is 0 Å². The molecule has 0 saturated carbocycles. The van der Waals surface area contributed by atoms with Gasteiger partial charge in [-0.15, -0.1) is 0 Å². The molecule has 0 bridgehead atoms. The molecule has 0 fully saturated rings. The number of aliphatic carboxylic acids is 1. The molecule has 0 spiro atoms. The van der Waals surface area contributed by atoms with Gasteiger partial charge in [-0.1, -0.05) is 63.3 Å². The number of allylic oxidation sites excluding steroid dienone is 4. The van der Waals surface area contributed by atoms with Crippen molar-refractivity contribution >= 4 is 24.5 Å². The summed E-state index contributed by atoms with van der Waals surface area (Å²) in [5.41, 5.74) is 0. The molecule has 1 amide bonds. The van der Waals surface area contributed by atoms with Crippen LogP contribution in [0.25, 0.3) is 0 Å². The highest BCUT2D eigenvalue weighted by Crippen LogP contribution is 2.08. The fourth-order valence-corrected chi connectivity index (χ4v) is 2.80. The van der Waals surface area contributed by atoms with Crippen LogP contribution in [0.4, 0.5) is 0 Å². The minimum Gasteiger partial charge on any atom is -0.480 e. The van der Waals surface area contributed by atoms with Gasteiger partial charge in [0.15, 0.2) is 0 Å². The summed E-state index contributed by atoms with van der Waals surface area (Å²) >= 11 is 3.93. The maximum atomic E-state index is 11.6. The van der Waals surface area contributed by atoms with Gasteiger partial charge < -0.3 is 10.4 Å². The first-order valence-corrected chi connectivity index (χ1v) is 10.7. The number of thiol groups is 1. The van der Waals surface area contributed by atoms with Gasteiger partial charge in [0.25, 0.3) is 0 Å². The van der Waals surface area contributed by atoms with E-state index in [-0.39, 0.29) is 11.7 Å². The van der Waals surface area contributed by atoms with Crippen LogP contribution < -0.4 is 5.32 Å². The van der Waals surface area contributed by atoms with Crippen molar-refractivity contribution in [1.82, 2.24) is 5.32 Å². The van der Waals surface area contributed by atoms with E-state index in [0.717, 1.165) is 32.1 Å². The van der Waals surface area contributed by atoms with Crippen LogP contribution in [0.1, 0.15) is 84.0 Å². The van der Waals surface area contributed by atoms with Crippen molar-refractivity contribution in [2.24, 2.45) is 0 Å².